The van der Waals surface area contributed by atoms with Gasteiger partial charge in [-0.25, -0.2) is 9.59 Å². The number of ether oxygens (including phenoxy) is 2. The number of aromatic carboxylic acids is 2. The second-order valence-corrected chi connectivity index (χ2v) is 9.14. The van der Waals surface area contributed by atoms with Crippen LogP contribution in [0.3, 0.4) is 0 Å². The molecule has 0 spiro atoms. The van der Waals surface area contributed by atoms with Crippen molar-refractivity contribution in [3.05, 3.63) is 139 Å². The van der Waals surface area contributed by atoms with Gasteiger partial charge in [-0.1, -0.05) is 12.1 Å². The standard InChI is InChI=1S/2C12H8N2O4.C11H8N.Ru/c15-7-17-9-1-3-13-11(5-9)12-6-10(18-8-16)2-4-14-12;15-11(16)7-1-3-13-9(5-7)10-6-8(12(17)18)2-4-14-10;1-2-6-10(7-3-1)11-8-4-5-9-12-11;/h1-8H;1-6H,(H,15,16)(H,17,18);1-6,8-9H;/q;;-1;+1. The maximum absolute atomic E-state index is 10.8. The molecule has 0 unspecified atom stereocenters. The zero-order valence-corrected chi connectivity index (χ0v) is 26.9. The second-order valence-electron chi connectivity index (χ2n) is 9.14. The Hall–Kier alpha value is -6.53. The Morgan fingerprint density at radius 2 is 1.00 bits per heavy atom. The molecule has 13 nitrogen and oxygen atoms in total. The van der Waals surface area contributed by atoms with Gasteiger partial charge in [0.1, 0.15) is 11.5 Å². The van der Waals surface area contributed by atoms with E-state index >= 15 is 0 Å². The first-order valence-electron chi connectivity index (χ1n) is 13.8. The van der Waals surface area contributed by atoms with E-state index in [1.165, 1.54) is 49.1 Å². The van der Waals surface area contributed by atoms with Gasteiger partial charge in [0.15, 0.2) is 0 Å². The summed E-state index contributed by atoms with van der Waals surface area (Å²) in [6.45, 7) is 0.664. The topological polar surface area (TPSA) is 192 Å². The molecule has 0 saturated heterocycles. The molecule has 49 heavy (non-hydrogen) atoms. The van der Waals surface area contributed by atoms with Crippen molar-refractivity contribution in [3.8, 4) is 45.5 Å². The predicted octanol–water partition coefficient (Wildman–Crippen LogP) is 5.30. The number of rotatable bonds is 9. The molecule has 2 N–H and O–H groups in total. The predicted molar refractivity (Wildman–Crippen MR) is 171 cm³/mol. The van der Waals surface area contributed by atoms with Crippen LogP contribution >= 0.6 is 0 Å². The second kappa shape index (κ2) is 19.2. The molecule has 245 valence electrons. The van der Waals surface area contributed by atoms with Crippen LogP contribution in [0.25, 0.3) is 34.0 Å². The molecule has 0 aliphatic carbocycles. The number of hydrogen-bond donors (Lipinski definition) is 2. The van der Waals surface area contributed by atoms with E-state index in [1.807, 2.05) is 42.5 Å². The molecular weight excluding hydrogens is 719 g/mol. The number of pyridine rings is 5. The van der Waals surface area contributed by atoms with E-state index in [0.717, 1.165) is 11.3 Å². The van der Waals surface area contributed by atoms with Crippen molar-refractivity contribution < 1.29 is 58.3 Å². The van der Waals surface area contributed by atoms with E-state index in [9.17, 15) is 19.2 Å². The summed E-state index contributed by atoms with van der Waals surface area (Å²) in [5, 5.41) is 17.7. The van der Waals surface area contributed by atoms with Crippen molar-refractivity contribution in [1.29, 1.82) is 0 Å². The average molecular weight is 744 g/mol. The maximum Gasteiger partial charge on any atom is 1.00 e. The summed E-state index contributed by atoms with van der Waals surface area (Å²) in [4.78, 5) is 62.5. The molecule has 0 fully saturated rings. The van der Waals surface area contributed by atoms with Crippen LogP contribution in [0.2, 0.25) is 0 Å². The van der Waals surface area contributed by atoms with Crippen molar-refractivity contribution in [2.75, 3.05) is 0 Å². The minimum Gasteiger partial charge on any atom is -0.478 e. The fraction of sp³-hybridized carbons (Fsp3) is 0. The van der Waals surface area contributed by atoms with E-state index in [-0.39, 0.29) is 30.6 Å². The van der Waals surface area contributed by atoms with Crippen LogP contribution < -0.4 is 9.47 Å². The van der Waals surface area contributed by atoms with Gasteiger partial charge in [-0.2, -0.15) is 0 Å². The smallest absolute Gasteiger partial charge is 0.478 e. The molecule has 14 heteroatoms. The molecule has 6 rings (SSSR count). The number of carbonyl (C=O) groups is 4. The number of nitrogens with zero attached hydrogens (tertiary/aromatic N) is 5. The minimum absolute atomic E-state index is 0. The molecule has 1 aromatic carbocycles. The molecule has 1 radical (unpaired) electrons. The maximum atomic E-state index is 10.8. The van der Waals surface area contributed by atoms with Crippen molar-refractivity contribution in [3.63, 3.8) is 0 Å². The van der Waals surface area contributed by atoms with Crippen LogP contribution in [-0.2, 0) is 29.1 Å². The summed E-state index contributed by atoms with van der Waals surface area (Å²) in [7, 11) is 0. The number of carboxylic acid groups (broad SMARTS) is 2. The van der Waals surface area contributed by atoms with E-state index in [2.05, 4.69) is 31.0 Å². The summed E-state index contributed by atoms with van der Waals surface area (Å²) >= 11 is 0. The van der Waals surface area contributed by atoms with Crippen LogP contribution in [-0.4, -0.2) is 60.0 Å². The molecule has 0 atom stereocenters. The van der Waals surface area contributed by atoms with Crippen molar-refractivity contribution >= 4 is 24.9 Å². The SMILES string of the molecule is O=C(O)c1ccnc(-c2cc(C(=O)O)ccn2)c1.O=COc1ccnc(-c2cc(OC=O)ccn2)c1.[Ru+].[c-]1ccccc1-c1ccccn1. The van der Waals surface area contributed by atoms with Gasteiger partial charge in [0.2, 0.25) is 0 Å². The summed E-state index contributed by atoms with van der Waals surface area (Å²) in [5.41, 5.74) is 3.80. The molecule has 5 heterocycles. The largest absolute Gasteiger partial charge is 1.00 e. The third-order valence-electron chi connectivity index (χ3n) is 6.02. The first-order chi connectivity index (χ1) is 23.4. The van der Waals surface area contributed by atoms with E-state index < -0.39 is 11.9 Å². The number of hydrogen-bond acceptors (Lipinski definition) is 11. The summed E-state index contributed by atoms with van der Waals surface area (Å²) < 4.78 is 9.42. The van der Waals surface area contributed by atoms with E-state index in [1.54, 1.807) is 30.5 Å². The minimum atomic E-state index is -1.08. The number of carboxylic acids is 2. The third-order valence-corrected chi connectivity index (χ3v) is 6.02. The number of aromatic nitrogens is 5. The molecule has 0 aliphatic rings. The zero-order valence-electron chi connectivity index (χ0n) is 25.1. The zero-order chi connectivity index (χ0) is 34.1. The van der Waals surface area contributed by atoms with Gasteiger partial charge in [0, 0.05) is 43.1 Å². The summed E-state index contributed by atoms with van der Waals surface area (Å²) in [6.07, 6.45) is 7.45. The van der Waals surface area contributed by atoms with Gasteiger partial charge < -0.3 is 24.7 Å². The average Bonchev–Trinajstić information content (AvgIpc) is 3.13. The van der Waals surface area contributed by atoms with Crippen LogP contribution in [0.4, 0.5) is 0 Å². The summed E-state index contributed by atoms with van der Waals surface area (Å²) in [5.74, 6) is -1.43. The fourth-order valence-electron chi connectivity index (χ4n) is 3.84. The fourth-order valence-corrected chi connectivity index (χ4v) is 3.84. The van der Waals surface area contributed by atoms with Crippen LogP contribution in [0.5, 0.6) is 11.5 Å². The van der Waals surface area contributed by atoms with Crippen molar-refractivity contribution in [1.82, 2.24) is 24.9 Å². The number of benzene rings is 1. The van der Waals surface area contributed by atoms with Crippen molar-refractivity contribution in [2.24, 2.45) is 0 Å². The monoisotopic (exact) mass is 744 g/mol. The van der Waals surface area contributed by atoms with Gasteiger partial charge in [-0.05, 0) is 48.2 Å². The van der Waals surface area contributed by atoms with Gasteiger partial charge in [-0.3, -0.25) is 29.5 Å². The Kier molecular flexibility index (Phi) is 14.5. The Morgan fingerprint density at radius 1 is 0.551 bits per heavy atom. The van der Waals surface area contributed by atoms with Gasteiger partial charge in [0.05, 0.1) is 33.9 Å². The molecule has 6 aromatic rings. The van der Waals surface area contributed by atoms with Crippen molar-refractivity contribution in [2.45, 2.75) is 0 Å². The molecule has 0 bridgehead atoms. The van der Waals surface area contributed by atoms with Gasteiger partial charge in [-0.15, -0.1) is 35.9 Å². The normalized spacial score (nSPS) is 9.55. The van der Waals surface area contributed by atoms with E-state index in [0.29, 0.717) is 47.2 Å². The summed E-state index contributed by atoms with van der Waals surface area (Å²) in [6, 6.07) is 28.4. The van der Waals surface area contributed by atoms with Crippen LogP contribution in [0, 0.1) is 6.07 Å². The Labute approximate surface area is 292 Å². The third kappa shape index (κ3) is 11.3. The number of carbonyl (C=O) groups excluding carboxylic acids is 2. The molecule has 0 saturated carbocycles. The Balaban J connectivity index is 0.000000201. The Bertz CT molecular complexity index is 1860. The first kappa shape index (κ1) is 36.9. The molecule has 5 aromatic heterocycles. The van der Waals surface area contributed by atoms with E-state index in [4.69, 9.17) is 19.7 Å². The molecule has 0 amide bonds. The molecular formula is C35H24N5O8Ru. The van der Waals surface area contributed by atoms with Gasteiger partial charge >= 0.3 is 31.4 Å². The molecule has 0 aliphatic heterocycles. The van der Waals surface area contributed by atoms with Crippen LogP contribution in [0.1, 0.15) is 20.7 Å². The first-order valence-corrected chi connectivity index (χ1v) is 13.8. The quantitative estimate of drug-likeness (QED) is 0.110. The van der Waals surface area contributed by atoms with Crippen LogP contribution in [0.15, 0.2) is 122 Å². The Morgan fingerprint density at radius 3 is 1.41 bits per heavy atom. The van der Waals surface area contributed by atoms with Gasteiger partial charge in [0.25, 0.3) is 12.9 Å².